The number of aliphatic carboxylic acids is 1. The van der Waals surface area contributed by atoms with E-state index in [0.29, 0.717) is 6.61 Å². The molecule has 0 bridgehead atoms. The van der Waals surface area contributed by atoms with E-state index >= 15 is 0 Å². The molecular weight excluding hydrogens is 184 g/mol. The van der Waals surface area contributed by atoms with Gasteiger partial charge >= 0.3 is 51.5 Å². The predicted molar refractivity (Wildman–Crippen MR) is 32.7 cm³/mol. The van der Waals surface area contributed by atoms with Crippen LogP contribution in [0.1, 0.15) is 6.92 Å². The summed E-state index contributed by atoms with van der Waals surface area (Å²) in [5.41, 5.74) is 0. The van der Waals surface area contributed by atoms with Gasteiger partial charge in [-0.15, -0.1) is 0 Å². The van der Waals surface area contributed by atoms with Crippen molar-refractivity contribution in [3.8, 4) is 0 Å². The summed E-state index contributed by atoms with van der Waals surface area (Å²) in [5.74, 6) is -0.915. The van der Waals surface area contributed by atoms with Crippen LogP contribution in [0.25, 0.3) is 0 Å². The predicted octanol–water partition coefficient (Wildman–Crippen LogP) is -0.809. The zero-order chi connectivity index (χ0) is 5.70. The Bertz CT molecular complexity index is 64.3. The molecule has 0 amide bonds. The number of carboxylic acids is 1. The number of carboxylic acid groups (broad SMARTS) is 1. The van der Waals surface area contributed by atoms with Crippen molar-refractivity contribution in [3.63, 3.8) is 0 Å². The minimum absolute atomic E-state index is 0. The molecule has 0 aliphatic rings. The topological polar surface area (TPSA) is 46.5 Å². The summed E-state index contributed by atoms with van der Waals surface area (Å²) < 4.78 is 4.50. The summed E-state index contributed by atoms with van der Waals surface area (Å²) in [4.78, 5) is 9.63. The molecule has 0 saturated carbocycles. The number of rotatable bonds is 3. The van der Waals surface area contributed by atoms with Crippen LogP contribution < -0.4 is 0 Å². The fraction of sp³-hybridized carbons (Fsp3) is 0.750. The number of hydrogen-bond acceptors (Lipinski definition) is 2. The van der Waals surface area contributed by atoms with Crippen molar-refractivity contribution in [2.45, 2.75) is 6.92 Å². The molecular formula is C4H10O3Sr. The number of ether oxygens (including phenoxy) is 1. The fourth-order valence-corrected chi connectivity index (χ4v) is 0.189. The first-order valence-corrected chi connectivity index (χ1v) is 2.07. The van der Waals surface area contributed by atoms with Crippen molar-refractivity contribution < 1.29 is 14.6 Å². The van der Waals surface area contributed by atoms with Gasteiger partial charge in [0.15, 0.2) is 0 Å². The molecule has 0 saturated heterocycles. The van der Waals surface area contributed by atoms with Crippen LogP contribution in [0.4, 0.5) is 0 Å². The Kier molecular flexibility index (Phi) is 11.5. The van der Waals surface area contributed by atoms with Gasteiger partial charge in [-0.3, -0.25) is 0 Å². The summed E-state index contributed by atoms with van der Waals surface area (Å²) in [6, 6.07) is 0. The summed E-state index contributed by atoms with van der Waals surface area (Å²) in [6.07, 6.45) is 0. The molecule has 0 aromatic heterocycles. The van der Waals surface area contributed by atoms with Crippen molar-refractivity contribution in [2.75, 3.05) is 13.2 Å². The van der Waals surface area contributed by atoms with Crippen LogP contribution in [0.2, 0.25) is 0 Å². The van der Waals surface area contributed by atoms with Gasteiger partial charge in [-0.2, -0.15) is 0 Å². The fourth-order valence-electron chi connectivity index (χ4n) is 0.189. The molecule has 0 radical (unpaired) electrons. The van der Waals surface area contributed by atoms with Gasteiger partial charge in [0.1, 0.15) is 6.61 Å². The third kappa shape index (κ3) is 10.0. The zero-order valence-electron chi connectivity index (χ0n) is 4.18. The first kappa shape index (κ1) is 11.7. The van der Waals surface area contributed by atoms with E-state index in [1.54, 1.807) is 6.92 Å². The van der Waals surface area contributed by atoms with Crippen LogP contribution in [0.3, 0.4) is 0 Å². The monoisotopic (exact) mass is 194 g/mol. The van der Waals surface area contributed by atoms with E-state index in [-0.39, 0.29) is 52.1 Å². The second-order valence-electron chi connectivity index (χ2n) is 1.03. The summed E-state index contributed by atoms with van der Waals surface area (Å²) in [6.45, 7) is 2.03. The number of hydrogen-bond donors (Lipinski definition) is 1. The minimum atomic E-state index is -0.915. The van der Waals surface area contributed by atoms with Crippen LogP contribution in [0.15, 0.2) is 0 Å². The SMILES string of the molecule is CCOCC(=O)O.[SrH2]. The number of carbonyl (C=O) groups is 1. The molecule has 0 aliphatic heterocycles. The molecule has 0 rings (SSSR count). The van der Waals surface area contributed by atoms with E-state index in [2.05, 4.69) is 4.74 Å². The molecule has 0 fully saturated rings. The van der Waals surface area contributed by atoms with Crippen molar-refractivity contribution in [3.05, 3.63) is 0 Å². The Labute approximate surface area is 85.3 Å². The second-order valence-corrected chi connectivity index (χ2v) is 1.03. The van der Waals surface area contributed by atoms with Gasteiger partial charge < -0.3 is 9.84 Å². The van der Waals surface area contributed by atoms with Gasteiger partial charge in [-0.05, 0) is 6.92 Å². The summed E-state index contributed by atoms with van der Waals surface area (Å²) in [5, 5.41) is 7.92. The standard InChI is InChI=1S/C4H8O3.Sr.2H/c1-2-7-3-4(5)6;;;/h2-3H2,1H3,(H,5,6);;;. The van der Waals surface area contributed by atoms with Crippen molar-refractivity contribution in [1.82, 2.24) is 0 Å². The maximum absolute atomic E-state index is 9.63. The van der Waals surface area contributed by atoms with Crippen molar-refractivity contribution in [1.29, 1.82) is 0 Å². The zero-order valence-corrected chi connectivity index (χ0v) is 4.18. The molecule has 0 unspecified atom stereocenters. The van der Waals surface area contributed by atoms with Crippen LogP contribution in [-0.2, 0) is 9.53 Å². The average Bonchev–Trinajstić information content (AvgIpc) is 1.61. The third-order valence-corrected chi connectivity index (χ3v) is 0.430. The van der Waals surface area contributed by atoms with E-state index in [0.717, 1.165) is 0 Å². The van der Waals surface area contributed by atoms with Crippen LogP contribution in [0.5, 0.6) is 0 Å². The van der Waals surface area contributed by atoms with Gasteiger partial charge in [0.05, 0.1) is 0 Å². The Hall–Kier alpha value is 0.911. The van der Waals surface area contributed by atoms with Gasteiger partial charge in [0.25, 0.3) is 0 Å². The molecule has 0 spiro atoms. The van der Waals surface area contributed by atoms with Crippen molar-refractivity contribution in [2.24, 2.45) is 0 Å². The quantitative estimate of drug-likeness (QED) is 0.597. The van der Waals surface area contributed by atoms with Gasteiger partial charge in [0, 0.05) is 6.61 Å². The van der Waals surface area contributed by atoms with Gasteiger partial charge in [0.2, 0.25) is 0 Å². The molecule has 0 heterocycles. The van der Waals surface area contributed by atoms with Crippen LogP contribution in [-0.4, -0.2) is 69.8 Å². The molecule has 8 heavy (non-hydrogen) atoms. The first-order valence-electron chi connectivity index (χ1n) is 2.07. The molecule has 4 heteroatoms. The van der Waals surface area contributed by atoms with E-state index in [9.17, 15) is 4.79 Å². The summed E-state index contributed by atoms with van der Waals surface area (Å²) >= 11 is 0. The van der Waals surface area contributed by atoms with Crippen molar-refractivity contribution >= 4 is 51.5 Å². The first-order chi connectivity index (χ1) is 3.27. The second kappa shape index (κ2) is 7.91. The van der Waals surface area contributed by atoms with E-state index in [1.165, 1.54) is 0 Å². The maximum atomic E-state index is 9.63. The van der Waals surface area contributed by atoms with Gasteiger partial charge in [-0.1, -0.05) is 0 Å². The molecule has 1 N–H and O–H groups in total. The summed E-state index contributed by atoms with van der Waals surface area (Å²) in [7, 11) is 0. The normalized spacial score (nSPS) is 7.62. The van der Waals surface area contributed by atoms with E-state index < -0.39 is 5.97 Å². The van der Waals surface area contributed by atoms with Crippen LogP contribution in [0, 0.1) is 0 Å². The van der Waals surface area contributed by atoms with Crippen LogP contribution >= 0.6 is 0 Å². The Morgan fingerprint density at radius 1 is 1.75 bits per heavy atom. The molecule has 0 aliphatic carbocycles. The Balaban J connectivity index is 0. The molecule has 3 nitrogen and oxygen atoms in total. The Morgan fingerprint density at radius 2 is 2.25 bits per heavy atom. The third-order valence-electron chi connectivity index (χ3n) is 0.430. The van der Waals surface area contributed by atoms with Gasteiger partial charge in [-0.25, -0.2) is 4.79 Å². The Morgan fingerprint density at radius 3 is 2.38 bits per heavy atom. The molecule has 0 aromatic carbocycles. The average molecular weight is 194 g/mol. The molecule has 0 aromatic rings. The molecule has 46 valence electrons. The molecule has 0 atom stereocenters. The van der Waals surface area contributed by atoms with E-state index in [4.69, 9.17) is 5.11 Å². The van der Waals surface area contributed by atoms with E-state index in [1.807, 2.05) is 0 Å².